The second kappa shape index (κ2) is 7.49. The minimum Gasteiger partial charge on any atom is -0.371 e. The van der Waals surface area contributed by atoms with Gasteiger partial charge in [0.15, 0.2) is 0 Å². The largest absolute Gasteiger partial charge is 0.371 e. The predicted octanol–water partition coefficient (Wildman–Crippen LogP) is 3.95. The van der Waals surface area contributed by atoms with Crippen LogP contribution in [0.4, 0.5) is 10.1 Å². The van der Waals surface area contributed by atoms with E-state index in [2.05, 4.69) is 45.0 Å². The third kappa shape index (κ3) is 4.20. The number of nitrogens with one attached hydrogen (secondary N) is 1. The molecule has 0 heterocycles. The van der Waals surface area contributed by atoms with Gasteiger partial charge in [0.1, 0.15) is 5.82 Å². The molecule has 0 aliphatic heterocycles. The zero-order chi connectivity index (χ0) is 14.4. The highest BCUT2D eigenvalue weighted by Gasteiger charge is 2.17. The maximum Gasteiger partial charge on any atom is 0.129 e. The van der Waals surface area contributed by atoms with Crippen molar-refractivity contribution < 1.29 is 4.39 Å². The first-order valence-electron chi connectivity index (χ1n) is 7.24. The molecular formula is C16H27FN2. The van der Waals surface area contributed by atoms with Gasteiger partial charge in [-0.1, -0.05) is 33.8 Å². The molecule has 1 N–H and O–H groups in total. The lowest BCUT2D eigenvalue weighted by Gasteiger charge is -2.30. The van der Waals surface area contributed by atoms with E-state index in [1.165, 1.54) is 0 Å². The lowest BCUT2D eigenvalue weighted by Crippen LogP contribution is -2.32. The van der Waals surface area contributed by atoms with E-state index >= 15 is 0 Å². The van der Waals surface area contributed by atoms with Crippen molar-refractivity contribution in [1.29, 1.82) is 0 Å². The number of rotatable bonds is 7. The van der Waals surface area contributed by atoms with Crippen LogP contribution in [0.3, 0.4) is 0 Å². The fraction of sp³-hybridized carbons (Fsp3) is 0.625. The summed E-state index contributed by atoms with van der Waals surface area (Å²) in [6.45, 7) is 9.08. The molecule has 0 aromatic heterocycles. The van der Waals surface area contributed by atoms with Crippen molar-refractivity contribution in [3.05, 3.63) is 29.6 Å². The molecule has 0 bridgehead atoms. The second-order valence-electron chi connectivity index (χ2n) is 5.35. The van der Waals surface area contributed by atoms with E-state index in [4.69, 9.17) is 0 Å². The van der Waals surface area contributed by atoms with E-state index in [0.717, 1.165) is 24.1 Å². The van der Waals surface area contributed by atoms with Crippen molar-refractivity contribution in [2.24, 2.45) is 0 Å². The first kappa shape index (κ1) is 16.0. The summed E-state index contributed by atoms with van der Waals surface area (Å²) in [6, 6.07) is 6.16. The maximum atomic E-state index is 14.1. The topological polar surface area (TPSA) is 15.3 Å². The van der Waals surface area contributed by atoms with E-state index in [0.29, 0.717) is 18.6 Å². The summed E-state index contributed by atoms with van der Waals surface area (Å²) >= 11 is 0. The Labute approximate surface area is 117 Å². The van der Waals surface area contributed by atoms with Gasteiger partial charge in [-0.25, -0.2) is 4.39 Å². The van der Waals surface area contributed by atoms with Crippen LogP contribution in [0, 0.1) is 5.82 Å². The normalized spacial score (nSPS) is 11.4. The molecule has 0 aliphatic rings. The van der Waals surface area contributed by atoms with E-state index in [1.807, 2.05) is 6.07 Å². The average molecular weight is 266 g/mol. The number of anilines is 1. The Hall–Kier alpha value is -1.09. The number of nitrogens with zero attached hydrogens (tertiary/aromatic N) is 1. The van der Waals surface area contributed by atoms with Crippen molar-refractivity contribution in [3.8, 4) is 0 Å². The lowest BCUT2D eigenvalue weighted by atomic mass is 10.1. The Morgan fingerprint density at radius 3 is 2.37 bits per heavy atom. The van der Waals surface area contributed by atoms with Crippen LogP contribution >= 0.6 is 0 Å². The molecule has 0 saturated heterocycles. The zero-order valence-electron chi connectivity index (χ0n) is 12.8. The first-order chi connectivity index (χ1) is 9.01. The standard InChI is InChI=1S/C16H27FN2/c1-6-13(7-2)19(5)16-10-8-9-15(17)14(16)11-18-12(3)4/h8-10,12-13,18H,6-7,11H2,1-5H3. The maximum absolute atomic E-state index is 14.1. The van der Waals surface area contributed by atoms with Gasteiger partial charge >= 0.3 is 0 Å². The fourth-order valence-corrected chi connectivity index (χ4v) is 2.39. The Kier molecular flexibility index (Phi) is 6.29. The van der Waals surface area contributed by atoms with E-state index in [1.54, 1.807) is 12.1 Å². The third-order valence-electron chi connectivity index (χ3n) is 3.65. The van der Waals surface area contributed by atoms with E-state index < -0.39 is 0 Å². The number of benzene rings is 1. The summed E-state index contributed by atoms with van der Waals surface area (Å²) in [7, 11) is 2.06. The monoisotopic (exact) mass is 266 g/mol. The van der Waals surface area contributed by atoms with Crippen LogP contribution in [-0.2, 0) is 6.54 Å². The molecule has 0 unspecified atom stereocenters. The summed E-state index contributed by atoms with van der Waals surface area (Å²) < 4.78 is 14.1. The summed E-state index contributed by atoms with van der Waals surface area (Å²) in [5.41, 5.74) is 1.77. The SMILES string of the molecule is CCC(CC)N(C)c1cccc(F)c1CNC(C)C. The fourth-order valence-electron chi connectivity index (χ4n) is 2.39. The van der Waals surface area contributed by atoms with Crippen LogP contribution in [-0.4, -0.2) is 19.1 Å². The molecule has 1 aromatic rings. The van der Waals surface area contributed by atoms with Gasteiger partial charge in [-0.05, 0) is 25.0 Å². The average Bonchev–Trinajstić information content (AvgIpc) is 2.38. The Balaban J connectivity index is 3.01. The molecular weight excluding hydrogens is 239 g/mol. The van der Waals surface area contributed by atoms with Crippen LogP contribution in [0.1, 0.15) is 46.1 Å². The Morgan fingerprint density at radius 2 is 1.84 bits per heavy atom. The van der Waals surface area contributed by atoms with Crippen LogP contribution < -0.4 is 10.2 Å². The van der Waals surface area contributed by atoms with Crippen molar-refractivity contribution in [2.45, 2.75) is 59.2 Å². The minimum atomic E-state index is -0.122. The third-order valence-corrected chi connectivity index (χ3v) is 3.65. The Bertz CT molecular complexity index is 386. The molecule has 0 radical (unpaired) electrons. The second-order valence-corrected chi connectivity index (χ2v) is 5.35. The van der Waals surface area contributed by atoms with Crippen LogP contribution in [0.25, 0.3) is 0 Å². The van der Waals surface area contributed by atoms with Gasteiger partial charge in [0.25, 0.3) is 0 Å². The number of hydrogen-bond donors (Lipinski definition) is 1. The molecule has 0 amide bonds. The van der Waals surface area contributed by atoms with Gasteiger partial charge in [0, 0.05) is 36.9 Å². The lowest BCUT2D eigenvalue weighted by molar-refractivity contribution is 0.544. The molecule has 0 spiro atoms. The predicted molar refractivity (Wildman–Crippen MR) is 81.1 cm³/mol. The van der Waals surface area contributed by atoms with E-state index in [9.17, 15) is 4.39 Å². The number of hydrogen-bond acceptors (Lipinski definition) is 2. The van der Waals surface area contributed by atoms with Crippen LogP contribution in [0.2, 0.25) is 0 Å². The smallest absolute Gasteiger partial charge is 0.129 e. The number of halogens is 1. The molecule has 0 atom stereocenters. The van der Waals surface area contributed by atoms with Gasteiger partial charge < -0.3 is 10.2 Å². The molecule has 3 heteroatoms. The molecule has 0 saturated carbocycles. The van der Waals surface area contributed by atoms with Gasteiger partial charge in [-0.15, -0.1) is 0 Å². The minimum absolute atomic E-state index is 0.122. The Morgan fingerprint density at radius 1 is 1.21 bits per heavy atom. The highest BCUT2D eigenvalue weighted by atomic mass is 19.1. The molecule has 2 nitrogen and oxygen atoms in total. The van der Waals surface area contributed by atoms with Gasteiger partial charge in [-0.2, -0.15) is 0 Å². The van der Waals surface area contributed by atoms with Crippen molar-refractivity contribution in [3.63, 3.8) is 0 Å². The summed E-state index contributed by atoms with van der Waals surface area (Å²) in [5, 5.41) is 3.31. The molecule has 19 heavy (non-hydrogen) atoms. The molecule has 0 fully saturated rings. The molecule has 0 aliphatic carbocycles. The molecule has 108 valence electrons. The van der Waals surface area contributed by atoms with Gasteiger partial charge in [0.05, 0.1) is 0 Å². The highest BCUT2D eigenvalue weighted by molar-refractivity contribution is 5.54. The van der Waals surface area contributed by atoms with Gasteiger partial charge in [-0.3, -0.25) is 0 Å². The van der Waals surface area contributed by atoms with Crippen molar-refractivity contribution >= 4 is 5.69 Å². The summed E-state index contributed by atoms with van der Waals surface area (Å²) in [5.74, 6) is -0.122. The molecule has 1 rings (SSSR count). The summed E-state index contributed by atoms with van der Waals surface area (Å²) in [4.78, 5) is 2.21. The summed E-state index contributed by atoms with van der Waals surface area (Å²) in [6.07, 6.45) is 2.14. The zero-order valence-corrected chi connectivity index (χ0v) is 12.8. The van der Waals surface area contributed by atoms with Crippen LogP contribution in [0.15, 0.2) is 18.2 Å². The molecule has 1 aromatic carbocycles. The highest BCUT2D eigenvalue weighted by Crippen LogP contribution is 2.25. The first-order valence-corrected chi connectivity index (χ1v) is 7.24. The van der Waals surface area contributed by atoms with Crippen LogP contribution in [0.5, 0.6) is 0 Å². The quantitative estimate of drug-likeness (QED) is 0.804. The van der Waals surface area contributed by atoms with Crippen molar-refractivity contribution in [2.75, 3.05) is 11.9 Å². The van der Waals surface area contributed by atoms with Gasteiger partial charge in [0.2, 0.25) is 0 Å². The van der Waals surface area contributed by atoms with Crippen molar-refractivity contribution in [1.82, 2.24) is 5.32 Å². The van der Waals surface area contributed by atoms with E-state index in [-0.39, 0.29) is 5.82 Å².